The van der Waals surface area contributed by atoms with E-state index in [1.807, 2.05) is 22.9 Å². The van der Waals surface area contributed by atoms with Gasteiger partial charge in [-0.05, 0) is 48.0 Å². The molecule has 2 aliphatic heterocycles. The van der Waals surface area contributed by atoms with Crippen molar-refractivity contribution in [2.24, 2.45) is 0 Å². The molecular weight excluding hydrogens is 374 g/mol. The summed E-state index contributed by atoms with van der Waals surface area (Å²) in [5.74, 6) is 1.92. The third-order valence-corrected chi connectivity index (χ3v) is 4.98. The molecule has 0 radical (unpaired) electrons. The van der Waals surface area contributed by atoms with Crippen LogP contribution in [0.2, 0.25) is 0 Å². The highest BCUT2D eigenvalue weighted by Crippen LogP contribution is 2.36. The lowest BCUT2D eigenvalue weighted by Gasteiger charge is -2.24. The van der Waals surface area contributed by atoms with Crippen LogP contribution < -0.4 is 19.5 Å². The zero-order chi connectivity index (χ0) is 19.8. The lowest BCUT2D eigenvalue weighted by atomic mass is 10.1. The molecule has 3 heterocycles. The van der Waals surface area contributed by atoms with Gasteiger partial charge >= 0.3 is 0 Å². The fourth-order valence-corrected chi connectivity index (χ4v) is 3.42. The van der Waals surface area contributed by atoms with Gasteiger partial charge in [-0.15, -0.1) is 0 Å². The van der Waals surface area contributed by atoms with E-state index in [2.05, 4.69) is 10.4 Å². The fourth-order valence-electron chi connectivity index (χ4n) is 3.42. The Morgan fingerprint density at radius 2 is 1.97 bits per heavy atom. The Hall–Kier alpha value is -3.52. The summed E-state index contributed by atoms with van der Waals surface area (Å²) < 4.78 is 23.7. The summed E-state index contributed by atoms with van der Waals surface area (Å²) in [5, 5.41) is 7.32. The number of anilines is 1. The van der Waals surface area contributed by atoms with Gasteiger partial charge in [0.25, 0.3) is 5.91 Å². The quantitative estimate of drug-likeness (QED) is 0.733. The number of rotatable bonds is 4. The van der Waals surface area contributed by atoms with E-state index in [0.29, 0.717) is 24.5 Å². The molecule has 0 unspecified atom stereocenters. The van der Waals surface area contributed by atoms with Gasteiger partial charge in [-0.3, -0.25) is 9.48 Å². The number of nitrogens with one attached hydrogen (secondary N) is 1. The molecule has 0 bridgehead atoms. The highest BCUT2D eigenvalue weighted by Gasteiger charge is 2.26. The maximum absolute atomic E-state index is 12.6. The Bertz CT molecular complexity index is 1060. The van der Waals surface area contributed by atoms with Crippen molar-refractivity contribution >= 4 is 11.6 Å². The van der Waals surface area contributed by atoms with Crippen molar-refractivity contribution < 1.29 is 23.7 Å². The molecule has 0 aliphatic carbocycles. The first kappa shape index (κ1) is 17.6. The monoisotopic (exact) mass is 393 g/mol. The lowest BCUT2D eigenvalue weighted by molar-refractivity contribution is -0.00127. The number of ether oxygens (including phenoxy) is 4. The number of aromatic nitrogens is 2. The van der Waals surface area contributed by atoms with Gasteiger partial charge in [-0.2, -0.15) is 5.10 Å². The number of fused-ring (bicyclic) bond motifs is 2. The first-order chi connectivity index (χ1) is 14.2. The van der Waals surface area contributed by atoms with Gasteiger partial charge in [0.2, 0.25) is 6.79 Å². The number of hydrogen-bond donors (Lipinski definition) is 1. The van der Waals surface area contributed by atoms with Crippen molar-refractivity contribution in [3.8, 4) is 17.2 Å². The average molecular weight is 393 g/mol. The zero-order valence-corrected chi connectivity index (χ0v) is 15.8. The summed E-state index contributed by atoms with van der Waals surface area (Å²) >= 11 is 0. The standard InChI is InChI=1S/C21H19N3O5/c1-26-16-5-3-14(4-6-16)22-21(25)17-9-15-11-27-20(10-24(15)23-17)13-2-7-18-19(8-13)29-12-28-18/h2-9,20H,10-12H2,1H3,(H,22,25)/t20-/m0/s1. The molecule has 29 heavy (non-hydrogen) atoms. The zero-order valence-electron chi connectivity index (χ0n) is 15.8. The van der Waals surface area contributed by atoms with Gasteiger partial charge in [0, 0.05) is 5.69 Å². The van der Waals surface area contributed by atoms with Crippen LogP contribution in [-0.4, -0.2) is 29.6 Å². The summed E-state index contributed by atoms with van der Waals surface area (Å²) in [5.41, 5.74) is 2.88. The van der Waals surface area contributed by atoms with Crippen molar-refractivity contribution in [3.05, 3.63) is 65.5 Å². The van der Waals surface area contributed by atoms with E-state index in [4.69, 9.17) is 18.9 Å². The SMILES string of the molecule is COc1ccc(NC(=O)c2cc3n(n2)C[C@@H](c2ccc4c(c2)OCO4)OC3)cc1. The summed E-state index contributed by atoms with van der Waals surface area (Å²) in [6.45, 7) is 1.13. The Morgan fingerprint density at radius 3 is 2.79 bits per heavy atom. The van der Waals surface area contributed by atoms with Gasteiger partial charge in [0.05, 0.1) is 26.0 Å². The number of carbonyl (C=O) groups excluding carboxylic acids is 1. The molecule has 0 fully saturated rings. The van der Waals surface area contributed by atoms with Crippen molar-refractivity contribution in [3.63, 3.8) is 0 Å². The largest absolute Gasteiger partial charge is 0.497 e. The molecule has 1 amide bonds. The van der Waals surface area contributed by atoms with E-state index >= 15 is 0 Å². The van der Waals surface area contributed by atoms with Crippen LogP contribution in [0.5, 0.6) is 17.2 Å². The normalized spacial score (nSPS) is 16.9. The van der Waals surface area contributed by atoms with E-state index in [9.17, 15) is 4.79 Å². The van der Waals surface area contributed by atoms with Crippen LogP contribution in [0, 0.1) is 0 Å². The van der Waals surface area contributed by atoms with Crippen molar-refractivity contribution in [1.29, 1.82) is 0 Å². The number of carbonyl (C=O) groups is 1. The highest BCUT2D eigenvalue weighted by atomic mass is 16.7. The summed E-state index contributed by atoms with van der Waals surface area (Å²) in [6, 6.07) is 14.7. The third-order valence-electron chi connectivity index (χ3n) is 4.98. The molecule has 8 nitrogen and oxygen atoms in total. The molecule has 1 atom stereocenters. The average Bonchev–Trinajstić information content (AvgIpc) is 3.40. The number of hydrogen-bond acceptors (Lipinski definition) is 6. The van der Waals surface area contributed by atoms with Crippen LogP contribution in [0.15, 0.2) is 48.5 Å². The van der Waals surface area contributed by atoms with Gasteiger partial charge < -0.3 is 24.3 Å². The molecule has 0 saturated heterocycles. The molecule has 0 saturated carbocycles. The maximum Gasteiger partial charge on any atom is 0.276 e. The number of methoxy groups -OCH3 is 1. The summed E-state index contributed by atoms with van der Waals surface area (Å²) in [6.07, 6.45) is -0.172. The molecule has 8 heteroatoms. The van der Waals surface area contributed by atoms with E-state index < -0.39 is 0 Å². The Morgan fingerprint density at radius 1 is 1.14 bits per heavy atom. The van der Waals surface area contributed by atoms with Gasteiger partial charge in [-0.1, -0.05) is 6.07 Å². The van der Waals surface area contributed by atoms with Crippen molar-refractivity contribution in [2.45, 2.75) is 19.3 Å². The molecule has 1 N–H and O–H groups in total. The van der Waals surface area contributed by atoms with Crippen LogP contribution in [0.25, 0.3) is 0 Å². The highest BCUT2D eigenvalue weighted by molar-refractivity contribution is 6.02. The minimum absolute atomic E-state index is 0.172. The van der Waals surface area contributed by atoms with E-state index in [-0.39, 0.29) is 18.8 Å². The molecule has 0 spiro atoms. The Balaban J connectivity index is 1.30. The topological polar surface area (TPSA) is 83.8 Å². The van der Waals surface area contributed by atoms with Crippen LogP contribution in [0.1, 0.15) is 27.8 Å². The summed E-state index contributed by atoms with van der Waals surface area (Å²) in [4.78, 5) is 12.6. The van der Waals surface area contributed by atoms with Gasteiger partial charge in [0.15, 0.2) is 17.2 Å². The van der Waals surface area contributed by atoms with Gasteiger partial charge in [-0.25, -0.2) is 0 Å². The van der Waals surface area contributed by atoms with Crippen LogP contribution in [-0.2, 0) is 17.9 Å². The Kier molecular flexibility index (Phi) is 4.33. The summed E-state index contributed by atoms with van der Waals surface area (Å²) in [7, 11) is 1.60. The van der Waals surface area contributed by atoms with Gasteiger partial charge in [0.1, 0.15) is 11.9 Å². The molecule has 2 aromatic carbocycles. The molecule has 3 aromatic rings. The smallest absolute Gasteiger partial charge is 0.276 e. The first-order valence-corrected chi connectivity index (χ1v) is 9.23. The van der Waals surface area contributed by atoms with Crippen molar-refractivity contribution in [2.75, 3.05) is 19.2 Å². The number of nitrogens with zero attached hydrogens (tertiary/aromatic N) is 2. The second-order valence-corrected chi connectivity index (χ2v) is 6.80. The lowest BCUT2D eigenvalue weighted by Crippen LogP contribution is -2.22. The number of amides is 1. The molecule has 2 aliphatic rings. The third kappa shape index (κ3) is 3.38. The number of benzene rings is 2. The van der Waals surface area contributed by atoms with Crippen molar-refractivity contribution in [1.82, 2.24) is 9.78 Å². The second-order valence-electron chi connectivity index (χ2n) is 6.80. The first-order valence-electron chi connectivity index (χ1n) is 9.23. The molecular formula is C21H19N3O5. The van der Waals surface area contributed by atoms with E-state index in [0.717, 1.165) is 28.5 Å². The van der Waals surface area contributed by atoms with E-state index in [1.54, 1.807) is 37.4 Å². The molecule has 148 valence electrons. The fraction of sp³-hybridized carbons (Fsp3) is 0.238. The minimum atomic E-state index is -0.267. The van der Waals surface area contributed by atoms with E-state index in [1.165, 1.54) is 0 Å². The predicted octanol–water partition coefficient (Wildman–Crippen LogP) is 3.14. The predicted molar refractivity (Wildman–Crippen MR) is 103 cm³/mol. The maximum atomic E-state index is 12.6. The molecule has 1 aromatic heterocycles. The Labute approximate surface area is 166 Å². The molecule has 5 rings (SSSR count). The second kappa shape index (κ2) is 7.14. The van der Waals surface area contributed by atoms with Crippen LogP contribution >= 0.6 is 0 Å². The van der Waals surface area contributed by atoms with Crippen LogP contribution in [0.4, 0.5) is 5.69 Å². The minimum Gasteiger partial charge on any atom is -0.497 e. The van der Waals surface area contributed by atoms with Crippen LogP contribution in [0.3, 0.4) is 0 Å².